The Hall–Kier alpha value is -1.14. The summed E-state index contributed by atoms with van der Waals surface area (Å²) >= 11 is 0. The van der Waals surface area contributed by atoms with Crippen LogP contribution in [-0.2, 0) is 14.3 Å². The molecular weight excluding hydrogens is 258 g/mol. The minimum atomic E-state index is -0.660. The van der Waals surface area contributed by atoms with E-state index in [4.69, 9.17) is 10.5 Å². The van der Waals surface area contributed by atoms with Crippen LogP contribution in [0.15, 0.2) is 0 Å². The molecule has 2 unspecified atom stereocenters. The summed E-state index contributed by atoms with van der Waals surface area (Å²) in [4.78, 5) is 23.1. The Morgan fingerprint density at radius 1 is 1.30 bits per heavy atom. The zero-order valence-corrected chi connectivity index (χ0v) is 13.1. The molecule has 0 aliphatic rings. The number of amides is 1. The molecule has 0 radical (unpaired) electrons. The van der Waals surface area contributed by atoms with Gasteiger partial charge in [0.2, 0.25) is 5.91 Å². The quantitative estimate of drug-likeness (QED) is 0.381. The number of hydrogen-bond acceptors (Lipinski definition) is 5. The average Bonchev–Trinajstić information content (AvgIpc) is 2.39. The van der Waals surface area contributed by atoms with Gasteiger partial charge in [-0.25, -0.2) is 0 Å². The number of unbranched alkanes of at least 4 members (excludes halogenated alkanes) is 1. The molecule has 6 nitrogen and oxygen atoms in total. The number of likely N-dealkylation sites (N-methyl/N-ethyl adjacent to an activating group) is 2. The zero-order chi connectivity index (χ0) is 15.6. The SMILES string of the molecule is CCNC(C)(CCCCC(NC)C(N)=O)C(=O)OCC. The van der Waals surface area contributed by atoms with E-state index in [1.54, 1.807) is 14.0 Å². The first-order valence-corrected chi connectivity index (χ1v) is 7.30. The Kier molecular flexibility index (Phi) is 9.16. The number of hydrogen-bond donors (Lipinski definition) is 3. The molecule has 0 aromatic rings. The summed E-state index contributed by atoms with van der Waals surface area (Å²) in [5.41, 5.74) is 4.60. The predicted molar refractivity (Wildman–Crippen MR) is 79.2 cm³/mol. The number of primary amides is 1. The molecule has 0 aromatic carbocycles. The molecular formula is C14H29N3O3. The van der Waals surface area contributed by atoms with Gasteiger partial charge in [-0.15, -0.1) is 0 Å². The minimum Gasteiger partial charge on any atom is -0.465 e. The fourth-order valence-electron chi connectivity index (χ4n) is 2.20. The van der Waals surface area contributed by atoms with Crippen LogP contribution in [0.1, 0.15) is 46.5 Å². The number of ether oxygens (including phenoxy) is 1. The summed E-state index contributed by atoms with van der Waals surface area (Å²) in [6, 6.07) is -0.303. The Bertz CT molecular complexity index is 310. The van der Waals surface area contributed by atoms with Crippen molar-refractivity contribution in [1.82, 2.24) is 10.6 Å². The van der Waals surface area contributed by atoms with Crippen LogP contribution in [0.25, 0.3) is 0 Å². The second-order valence-corrected chi connectivity index (χ2v) is 5.07. The minimum absolute atomic E-state index is 0.220. The van der Waals surface area contributed by atoms with Crippen molar-refractivity contribution < 1.29 is 14.3 Å². The highest BCUT2D eigenvalue weighted by Gasteiger charge is 2.33. The van der Waals surface area contributed by atoms with E-state index < -0.39 is 5.54 Å². The fraction of sp³-hybridized carbons (Fsp3) is 0.857. The van der Waals surface area contributed by atoms with Crippen molar-refractivity contribution in [2.75, 3.05) is 20.2 Å². The highest BCUT2D eigenvalue weighted by Crippen LogP contribution is 2.17. The van der Waals surface area contributed by atoms with Crippen molar-refractivity contribution in [3.05, 3.63) is 0 Å². The molecule has 0 spiro atoms. The van der Waals surface area contributed by atoms with Crippen LogP contribution < -0.4 is 16.4 Å². The molecule has 4 N–H and O–H groups in total. The zero-order valence-electron chi connectivity index (χ0n) is 13.1. The monoisotopic (exact) mass is 287 g/mol. The van der Waals surface area contributed by atoms with Crippen LogP contribution in [0.2, 0.25) is 0 Å². The molecule has 1 amide bonds. The molecule has 0 aliphatic carbocycles. The molecule has 0 bridgehead atoms. The van der Waals surface area contributed by atoms with E-state index in [9.17, 15) is 9.59 Å². The fourth-order valence-corrected chi connectivity index (χ4v) is 2.20. The first kappa shape index (κ1) is 18.9. The Morgan fingerprint density at radius 3 is 2.40 bits per heavy atom. The van der Waals surface area contributed by atoms with Crippen molar-refractivity contribution >= 4 is 11.9 Å². The maximum atomic E-state index is 12.0. The van der Waals surface area contributed by atoms with E-state index in [2.05, 4.69) is 10.6 Å². The highest BCUT2D eigenvalue weighted by atomic mass is 16.5. The van der Waals surface area contributed by atoms with E-state index >= 15 is 0 Å². The van der Waals surface area contributed by atoms with Gasteiger partial charge in [0.15, 0.2) is 0 Å². The van der Waals surface area contributed by atoms with Crippen molar-refractivity contribution in [1.29, 1.82) is 0 Å². The number of nitrogens with one attached hydrogen (secondary N) is 2. The van der Waals surface area contributed by atoms with Crippen LogP contribution in [-0.4, -0.2) is 43.7 Å². The van der Waals surface area contributed by atoms with Crippen molar-refractivity contribution in [2.24, 2.45) is 5.73 Å². The van der Waals surface area contributed by atoms with Gasteiger partial charge in [0.25, 0.3) is 0 Å². The van der Waals surface area contributed by atoms with Gasteiger partial charge in [-0.2, -0.15) is 0 Å². The van der Waals surface area contributed by atoms with E-state index in [-0.39, 0.29) is 17.9 Å². The normalized spacial score (nSPS) is 15.4. The molecule has 0 aliphatic heterocycles. The standard InChI is InChI=1S/C14H29N3O3/c1-5-17-14(3,13(19)20-6-2)10-8-7-9-11(16-4)12(15)18/h11,16-17H,5-10H2,1-4H3,(H2,15,18). The van der Waals surface area contributed by atoms with Gasteiger partial charge in [-0.3, -0.25) is 9.59 Å². The maximum absolute atomic E-state index is 12.0. The summed E-state index contributed by atoms with van der Waals surface area (Å²) in [7, 11) is 1.72. The topological polar surface area (TPSA) is 93.5 Å². The lowest BCUT2D eigenvalue weighted by molar-refractivity contribution is -0.150. The summed E-state index contributed by atoms with van der Waals surface area (Å²) in [6.07, 6.45) is 3.01. The number of carbonyl (C=O) groups excluding carboxylic acids is 2. The third kappa shape index (κ3) is 6.34. The molecule has 0 heterocycles. The summed E-state index contributed by atoms with van der Waals surface area (Å²) < 4.78 is 5.11. The highest BCUT2D eigenvalue weighted by molar-refractivity contribution is 5.80. The Morgan fingerprint density at radius 2 is 1.95 bits per heavy atom. The summed E-state index contributed by atoms with van der Waals surface area (Å²) in [5.74, 6) is -0.561. The van der Waals surface area contributed by atoms with Gasteiger partial charge in [-0.05, 0) is 40.3 Å². The van der Waals surface area contributed by atoms with Crippen LogP contribution in [0, 0.1) is 0 Å². The van der Waals surface area contributed by atoms with Crippen LogP contribution in [0.4, 0.5) is 0 Å². The van der Waals surface area contributed by atoms with Crippen LogP contribution >= 0.6 is 0 Å². The second kappa shape index (κ2) is 9.72. The second-order valence-electron chi connectivity index (χ2n) is 5.07. The Labute approximate surface area is 121 Å². The van der Waals surface area contributed by atoms with E-state index in [1.807, 2.05) is 13.8 Å². The third-order valence-corrected chi connectivity index (χ3v) is 3.40. The third-order valence-electron chi connectivity index (χ3n) is 3.40. The molecule has 6 heteroatoms. The van der Waals surface area contributed by atoms with E-state index in [0.717, 1.165) is 12.8 Å². The molecule has 0 saturated carbocycles. The molecule has 0 fully saturated rings. The average molecular weight is 287 g/mol. The van der Waals surface area contributed by atoms with Gasteiger partial charge in [0.05, 0.1) is 12.6 Å². The molecule has 0 saturated heterocycles. The first-order valence-electron chi connectivity index (χ1n) is 7.30. The predicted octanol–water partition coefficient (Wildman–Crippen LogP) is 0.551. The molecule has 2 atom stereocenters. The number of carbonyl (C=O) groups is 2. The molecule has 118 valence electrons. The van der Waals surface area contributed by atoms with E-state index in [0.29, 0.717) is 26.0 Å². The summed E-state index contributed by atoms with van der Waals surface area (Å²) in [6.45, 7) is 6.70. The smallest absolute Gasteiger partial charge is 0.326 e. The lowest BCUT2D eigenvalue weighted by Gasteiger charge is -2.28. The number of nitrogens with two attached hydrogens (primary N) is 1. The van der Waals surface area contributed by atoms with Gasteiger partial charge in [0, 0.05) is 0 Å². The lowest BCUT2D eigenvalue weighted by atomic mass is 9.93. The summed E-state index contributed by atoms with van der Waals surface area (Å²) in [5, 5.41) is 6.07. The number of esters is 1. The van der Waals surface area contributed by atoms with Gasteiger partial charge >= 0.3 is 5.97 Å². The van der Waals surface area contributed by atoms with Crippen molar-refractivity contribution in [2.45, 2.75) is 58.0 Å². The van der Waals surface area contributed by atoms with Gasteiger partial charge in [0.1, 0.15) is 5.54 Å². The molecule has 0 rings (SSSR count). The molecule has 0 aromatic heterocycles. The van der Waals surface area contributed by atoms with Crippen molar-refractivity contribution in [3.8, 4) is 0 Å². The van der Waals surface area contributed by atoms with Crippen molar-refractivity contribution in [3.63, 3.8) is 0 Å². The number of rotatable bonds is 11. The largest absolute Gasteiger partial charge is 0.465 e. The van der Waals surface area contributed by atoms with Crippen LogP contribution in [0.5, 0.6) is 0 Å². The maximum Gasteiger partial charge on any atom is 0.326 e. The van der Waals surface area contributed by atoms with Gasteiger partial charge < -0.3 is 21.1 Å². The first-order chi connectivity index (χ1) is 9.41. The molecule has 20 heavy (non-hydrogen) atoms. The Balaban J connectivity index is 4.27. The van der Waals surface area contributed by atoms with Crippen LogP contribution in [0.3, 0.4) is 0 Å². The lowest BCUT2D eigenvalue weighted by Crippen LogP contribution is -2.50. The van der Waals surface area contributed by atoms with Gasteiger partial charge in [-0.1, -0.05) is 19.8 Å². The van der Waals surface area contributed by atoms with E-state index in [1.165, 1.54) is 0 Å².